The normalized spacial score (nSPS) is 22.2. The van der Waals surface area contributed by atoms with E-state index in [-0.39, 0.29) is 0 Å². The smallest absolute Gasteiger partial charge is 0.159 e. The summed E-state index contributed by atoms with van der Waals surface area (Å²) in [5, 5.41) is 0. The average Bonchev–Trinajstić information content (AvgIpc) is 3.31. The summed E-state index contributed by atoms with van der Waals surface area (Å²) < 4.78 is 78.8. The first-order chi connectivity index (χ1) is 30.4. The molecule has 0 amide bonds. The molecule has 6 aromatic carbocycles. The van der Waals surface area contributed by atoms with Crippen molar-refractivity contribution in [2.75, 3.05) is 0 Å². The maximum atomic E-state index is 13.3. The molecule has 3 aliphatic rings. The van der Waals surface area contributed by atoms with E-state index in [1.54, 1.807) is 18.2 Å². The van der Waals surface area contributed by atoms with E-state index in [9.17, 15) is 26.3 Å². The SMILES string of the molecule is CC1CCC(c2ccc(-c3ccc(F)c(F)c3)cc2)CC1.CC1CCC(c2ccc(-c3ccc(F)c(F)c3)cc2)CC1.CC1CCC(c2ccc(-c3ccc(F)c(F)c3)cc2)CC1. The standard InChI is InChI=1S/3C19H20F2/c3*1-13-2-4-14(5-3-13)15-6-8-16(9-7-15)17-10-11-18(20)19(21)12-17/h3*6-14H,2-5H2,1H3. The molecule has 0 aliphatic heterocycles. The van der Waals surface area contributed by atoms with Crippen molar-refractivity contribution in [2.45, 2.75) is 116 Å². The summed E-state index contributed by atoms with van der Waals surface area (Å²) in [6, 6.07) is 37.1. The van der Waals surface area contributed by atoms with Gasteiger partial charge in [-0.2, -0.15) is 0 Å². The van der Waals surface area contributed by atoms with Crippen molar-refractivity contribution >= 4 is 0 Å². The van der Waals surface area contributed by atoms with E-state index in [0.29, 0.717) is 17.8 Å². The van der Waals surface area contributed by atoms with Crippen molar-refractivity contribution in [3.05, 3.63) is 179 Å². The third-order valence-electron chi connectivity index (χ3n) is 14.0. The highest BCUT2D eigenvalue weighted by atomic mass is 19.2. The zero-order valence-corrected chi connectivity index (χ0v) is 36.8. The average molecular weight is 859 g/mol. The lowest BCUT2D eigenvalue weighted by Crippen LogP contribution is -2.10. The van der Waals surface area contributed by atoms with Crippen LogP contribution in [0.5, 0.6) is 0 Å². The van der Waals surface area contributed by atoms with Crippen LogP contribution in [0.2, 0.25) is 0 Å². The molecule has 0 unspecified atom stereocenters. The Kier molecular flexibility index (Phi) is 15.7. The molecule has 63 heavy (non-hydrogen) atoms. The molecule has 0 atom stereocenters. The molecule has 0 N–H and O–H groups in total. The van der Waals surface area contributed by atoms with Crippen molar-refractivity contribution in [3.63, 3.8) is 0 Å². The molecule has 0 bridgehead atoms. The number of rotatable bonds is 6. The van der Waals surface area contributed by atoms with Crippen LogP contribution in [-0.2, 0) is 0 Å². The Balaban J connectivity index is 0.000000142. The van der Waals surface area contributed by atoms with Gasteiger partial charge >= 0.3 is 0 Å². The van der Waals surface area contributed by atoms with Crippen LogP contribution in [0.25, 0.3) is 33.4 Å². The van der Waals surface area contributed by atoms with Crippen molar-refractivity contribution in [2.24, 2.45) is 17.8 Å². The number of hydrogen-bond acceptors (Lipinski definition) is 0. The van der Waals surface area contributed by atoms with Crippen LogP contribution in [0, 0.1) is 52.7 Å². The zero-order valence-electron chi connectivity index (χ0n) is 36.8. The molecule has 0 spiro atoms. The molecule has 0 radical (unpaired) electrons. The van der Waals surface area contributed by atoms with Crippen molar-refractivity contribution < 1.29 is 26.3 Å². The Morgan fingerprint density at radius 3 is 0.667 bits per heavy atom. The van der Waals surface area contributed by atoms with E-state index in [4.69, 9.17) is 0 Å². The van der Waals surface area contributed by atoms with Crippen LogP contribution in [0.1, 0.15) is 132 Å². The van der Waals surface area contributed by atoms with Gasteiger partial charge in [-0.25, -0.2) is 26.3 Å². The molecule has 0 aromatic heterocycles. The molecule has 3 saturated carbocycles. The van der Waals surface area contributed by atoms with Gasteiger partial charge in [0.1, 0.15) is 0 Å². The number of hydrogen-bond donors (Lipinski definition) is 0. The van der Waals surface area contributed by atoms with E-state index in [1.807, 2.05) is 36.4 Å². The molecule has 0 nitrogen and oxygen atoms in total. The van der Waals surface area contributed by atoms with Gasteiger partial charge in [0.25, 0.3) is 0 Å². The molecule has 3 aliphatic carbocycles. The van der Waals surface area contributed by atoms with Crippen molar-refractivity contribution in [1.82, 2.24) is 0 Å². The van der Waals surface area contributed by atoms with Gasteiger partial charge < -0.3 is 0 Å². The predicted octanol–water partition coefficient (Wildman–Crippen LogP) is 17.8. The summed E-state index contributed by atoms with van der Waals surface area (Å²) >= 11 is 0. The maximum absolute atomic E-state index is 13.3. The number of halogens is 6. The minimum atomic E-state index is -0.799. The van der Waals surface area contributed by atoms with Crippen LogP contribution in [0.3, 0.4) is 0 Å². The lowest BCUT2D eigenvalue weighted by atomic mass is 9.79. The zero-order chi connectivity index (χ0) is 44.5. The largest absolute Gasteiger partial charge is 0.204 e. The van der Waals surface area contributed by atoms with Crippen LogP contribution in [0.4, 0.5) is 26.3 Å². The Morgan fingerprint density at radius 2 is 0.460 bits per heavy atom. The van der Waals surface area contributed by atoms with Crippen molar-refractivity contribution in [1.29, 1.82) is 0 Å². The van der Waals surface area contributed by atoms with Gasteiger partial charge in [-0.15, -0.1) is 0 Å². The third kappa shape index (κ3) is 12.3. The maximum Gasteiger partial charge on any atom is 0.159 e. The summed E-state index contributed by atoms with van der Waals surface area (Å²) in [5.74, 6) is -0.271. The minimum Gasteiger partial charge on any atom is -0.204 e. The summed E-state index contributed by atoms with van der Waals surface area (Å²) in [4.78, 5) is 0. The molecule has 0 heterocycles. The van der Waals surface area contributed by atoms with Gasteiger partial charge in [0.15, 0.2) is 34.9 Å². The highest BCUT2D eigenvalue weighted by Gasteiger charge is 2.22. The highest BCUT2D eigenvalue weighted by Crippen LogP contribution is 2.39. The van der Waals surface area contributed by atoms with Gasteiger partial charge in [-0.3, -0.25) is 0 Å². The quantitative estimate of drug-likeness (QED) is 0.146. The molecule has 3 fully saturated rings. The summed E-state index contributed by atoms with van der Waals surface area (Å²) in [5.41, 5.74) is 9.06. The molecule has 330 valence electrons. The van der Waals surface area contributed by atoms with Crippen molar-refractivity contribution in [3.8, 4) is 33.4 Å². The molecular formula is C57H60F6. The number of benzene rings is 6. The van der Waals surface area contributed by atoms with E-state index >= 15 is 0 Å². The van der Waals surface area contributed by atoms with Gasteiger partial charge in [0, 0.05) is 0 Å². The van der Waals surface area contributed by atoms with E-state index < -0.39 is 34.9 Å². The van der Waals surface area contributed by atoms with Crippen LogP contribution in [-0.4, -0.2) is 0 Å². The summed E-state index contributed by atoms with van der Waals surface area (Å²) in [6.45, 7) is 6.97. The Morgan fingerprint density at radius 1 is 0.254 bits per heavy atom. The molecule has 6 heteroatoms. The highest BCUT2D eigenvalue weighted by molar-refractivity contribution is 5.65. The lowest BCUT2D eigenvalue weighted by Gasteiger charge is -2.26. The van der Waals surface area contributed by atoms with E-state index in [2.05, 4.69) is 57.2 Å². The first kappa shape index (κ1) is 45.9. The first-order valence-electron chi connectivity index (χ1n) is 23.1. The fourth-order valence-corrected chi connectivity index (χ4v) is 9.65. The Bertz CT molecular complexity index is 2090. The van der Waals surface area contributed by atoms with E-state index in [0.717, 1.165) is 51.1 Å². The molecule has 9 rings (SSSR count). The second-order valence-electron chi connectivity index (χ2n) is 18.6. The molecular weight excluding hydrogens is 799 g/mol. The molecule has 0 saturated heterocycles. The van der Waals surface area contributed by atoms with Gasteiger partial charge in [-0.1, -0.05) is 150 Å². The van der Waals surface area contributed by atoms with E-state index in [1.165, 1.54) is 130 Å². The van der Waals surface area contributed by atoms with Gasteiger partial charge in [0.05, 0.1) is 0 Å². The van der Waals surface area contributed by atoms with Crippen LogP contribution < -0.4 is 0 Å². The van der Waals surface area contributed by atoms with Gasteiger partial charge in [0.2, 0.25) is 0 Å². The second-order valence-corrected chi connectivity index (χ2v) is 18.6. The predicted molar refractivity (Wildman–Crippen MR) is 247 cm³/mol. The lowest BCUT2D eigenvalue weighted by molar-refractivity contribution is 0.348. The topological polar surface area (TPSA) is 0 Å². The Labute approximate surface area is 370 Å². The first-order valence-corrected chi connectivity index (χ1v) is 23.1. The fraction of sp³-hybridized carbons (Fsp3) is 0.368. The van der Waals surface area contributed by atoms with Crippen LogP contribution >= 0.6 is 0 Å². The Hall–Kier alpha value is -5.10. The van der Waals surface area contributed by atoms with Crippen LogP contribution in [0.15, 0.2) is 127 Å². The van der Waals surface area contributed by atoms with Gasteiger partial charge in [-0.05, 0) is 161 Å². The minimum absolute atomic E-state index is 0.653. The second kappa shape index (κ2) is 21.5. The summed E-state index contributed by atoms with van der Waals surface area (Å²) in [7, 11) is 0. The summed E-state index contributed by atoms with van der Waals surface area (Å²) in [6.07, 6.45) is 15.3. The third-order valence-corrected chi connectivity index (χ3v) is 14.0. The molecule has 6 aromatic rings. The monoisotopic (exact) mass is 858 g/mol. The fourth-order valence-electron chi connectivity index (χ4n) is 9.65.